The van der Waals surface area contributed by atoms with Crippen molar-refractivity contribution in [3.8, 4) is 5.75 Å². The monoisotopic (exact) mass is 336 g/mol. The molecule has 1 unspecified atom stereocenters. The molecule has 1 aliphatic heterocycles. The van der Waals surface area contributed by atoms with Crippen LogP contribution in [0.3, 0.4) is 0 Å². The summed E-state index contributed by atoms with van der Waals surface area (Å²) < 4.78 is 5.23. The van der Waals surface area contributed by atoms with E-state index in [0.717, 1.165) is 35.3 Å². The zero-order chi connectivity index (χ0) is 17.2. The molecule has 1 aromatic heterocycles. The molecule has 1 aliphatic rings. The van der Waals surface area contributed by atoms with Gasteiger partial charge in [0.15, 0.2) is 5.69 Å². The first kappa shape index (κ1) is 15.7. The molecule has 6 nitrogen and oxygen atoms in total. The average Bonchev–Trinajstić information content (AvgIpc) is 3.12. The molecular formula is C19H20N4O2. The molecule has 1 saturated heterocycles. The highest BCUT2D eigenvalue weighted by atomic mass is 16.5. The van der Waals surface area contributed by atoms with Gasteiger partial charge in [0.25, 0.3) is 5.91 Å². The van der Waals surface area contributed by atoms with E-state index in [2.05, 4.69) is 15.5 Å². The Bertz CT molecular complexity index is 888. The van der Waals surface area contributed by atoms with Crippen LogP contribution in [0.1, 0.15) is 22.1 Å². The number of amides is 1. The number of hydrogen-bond acceptors (Lipinski definition) is 4. The molecule has 128 valence electrons. The van der Waals surface area contributed by atoms with Crippen LogP contribution in [0.5, 0.6) is 5.75 Å². The first-order valence-corrected chi connectivity index (χ1v) is 8.36. The lowest BCUT2D eigenvalue weighted by molar-refractivity contribution is 0.0630. The molecule has 25 heavy (non-hydrogen) atoms. The predicted molar refractivity (Wildman–Crippen MR) is 95.7 cm³/mol. The van der Waals surface area contributed by atoms with Gasteiger partial charge < -0.3 is 15.0 Å². The number of ether oxygens (including phenoxy) is 1. The second-order valence-corrected chi connectivity index (χ2v) is 6.11. The zero-order valence-corrected chi connectivity index (χ0v) is 14.0. The second kappa shape index (κ2) is 6.57. The molecule has 1 atom stereocenters. The standard InChI is InChI=1S/C19H20N4O2/c1-25-14-8-6-13(7-9-14)17-12-20-10-11-23(17)19(24)18-15-4-2-3-5-16(15)21-22-18/h2-9,17,20H,10-12H2,1H3,(H,21,22). The van der Waals surface area contributed by atoms with Crippen LogP contribution < -0.4 is 10.1 Å². The van der Waals surface area contributed by atoms with Gasteiger partial charge in [0, 0.05) is 25.0 Å². The van der Waals surface area contributed by atoms with Crippen molar-refractivity contribution < 1.29 is 9.53 Å². The summed E-state index contributed by atoms with van der Waals surface area (Å²) in [5.41, 5.74) is 2.44. The van der Waals surface area contributed by atoms with Crippen molar-refractivity contribution in [3.05, 3.63) is 59.8 Å². The Morgan fingerprint density at radius 2 is 2.00 bits per heavy atom. The maximum atomic E-state index is 13.2. The maximum Gasteiger partial charge on any atom is 0.275 e. The number of fused-ring (bicyclic) bond motifs is 1. The summed E-state index contributed by atoms with van der Waals surface area (Å²) in [5.74, 6) is 0.767. The summed E-state index contributed by atoms with van der Waals surface area (Å²) >= 11 is 0. The van der Waals surface area contributed by atoms with E-state index in [9.17, 15) is 4.79 Å². The maximum absolute atomic E-state index is 13.2. The van der Waals surface area contributed by atoms with Gasteiger partial charge in [-0.3, -0.25) is 9.89 Å². The molecule has 4 rings (SSSR count). The van der Waals surface area contributed by atoms with Gasteiger partial charge in [0.05, 0.1) is 18.7 Å². The molecule has 6 heteroatoms. The van der Waals surface area contributed by atoms with E-state index < -0.39 is 0 Å². The quantitative estimate of drug-likeness (QED) is 0.770. The van der Waals surface area contributed by atoms with Crippen molar-refractivity contribution in [2.24, 2.45) is 0 Å². The molecule has 0 saturated carbocycles. The molecular weight excluding hydrogens is 316 g/mol. The summed E-state index contributed by atoms with van der Waals surface area (Å²) in [7, 11) is 1.65. The summed E-state index contributed by atoms with van der Waals surface area (Å²) in [4.78, 5) is 15.1. The third-order valence-electron chi connectivity index (χ3n) is 4.68. The Kier molecular flexibility index (Phi) is 4.11. The van der Waals surface area contributed by atoms with E-state index in [0.29, 0.717) is 12.2 Å². The highest BCUT2D eigenvalue weighted by molar-refractivity contribution is 6.04. The van der Waals surface area contributed by atoms with Crippen LogP contribution in [0.2, 0.25) is 0 Å². The molecule has 2 aromatic carbocycles. The molecule has 3 aromatic rings. The summed E-state index contributed by atoms with van der Waals surface area (Å²) in [6.45, 7) is 2.15. The van der Waals surface area contributed by atoms with Gasteiger partial charge in [-0.2, -0.15) is 5.10 Å². The third kappa shape index (κ3) is 2.85. The number of methoxy groups -OCH3 is 1. The van der Waals surface area contributed by atoms with Crippen LogP contribution in [0.4, 0.5) is 0 Å². The number of hydrogen-bond donors (Lipinski definition) is 2. The molecule has 0 aliphatic carbocycles. The van der Waals surface area contributed by atoms with Crippen LogP contribution in [-0.2, 0) is 0 Å². The number of H-pyrrole nitrogens is 1. The Balaban J connectivity index is 1.67. The highest BCUT2D eigenvalue weighted by Gasteiger charge is 2.30. The summed E-state index contributed by atoms with van der Waals surface area (Å²) in [6.07, 6.45) is 0. The van der Waals surface area contributed by atoms with Crippen LogP contribution in [-0.4, -0.2) is 47.7 Å². The average molecular weight is 336 g/mol. The number of piperazine rings is 1. The molecule has 1 fully saturated rings. The number of carbonyl (C=O) groups excluding carboxylic acids is 1. The molecule has 1 amide bonds. The van der Waals surface area contributed by atoms with Crippen molar-refractivity contribution in [1.29, 1.82) is 0 Å². The number of para-hydroxylation sites is 1. The molecule has 0 bridgehead atoms. The molecule has 2 heterocycles. The van der Waals surface area contributed by atoms with Crippen molar-refractivity contribution in [3.63, 3.8) is 0 Å². The minimum absolute atomic E-state index is 0.0254. The number of aromatic amines is 1. The van der Waals surface area contributed by atoms with Gasteiger partial charge in [-0.25, -0.2) is 0 Å². The number of nitrogens with zero attached hydrogens (tertiary/aromatic N) is 2. The second-order valence-electron chi connectivity index (χ2n) is 6.11. The van der Waals surface area contributed by atoms with Crippen LogP contribution in [0, 0.1) is 0 Å². The van der Waals surface area contributed by atoms with E-state index >= 15 is 0 Å². The molecule has 0 spiro atoms. The van der Waals surface area contributed by atoms with Crippen LogP contribution in [0.25, 0.3) is 10.9 Å². The Hall–Kier alpha value is -2.86. The van der Waals surface area contributed by atoms with E-state index in [4.69, 9.17) is 4.74 Å². The van der Waals surface area contributed by atoms with E-state index in [1.54, 1.807) is 7.11 Å². The van der Waals surface area contributed by atoms with E-state index in [1.165, 1.54) is 0 Å². The topological polar surface area (TPSA) is 70.2 Å². The van der Waals surface area contributed by atoms with Gasteiger partial charge in [-0.15, -0.1) is 0 Å². The first-order valence-electron chi connectivity index (χ1n) is 8.36. The number of carbonyl (C=O) groups is 1. The first-order chi connectivity index (χ1) is 12.3. The fraction of sp³-hybridized carbons (Fsp3) is 0.263. The zero-order valence-electron chi connectivity index (χ0n) is 14.0. The predicted octanol–water partition coefficient (Wildman–Crippen LogP) is 2.36. The lowest BCUT2D eigenvalue weighted by atomic mass is 10.0. The van der Waals surface area contributed by atoms with Gasteiger partial charge in [-0.1, -0.05) is 30.3 Å². The Labute approximate surface area is 145 Å². The largest absolute Gasteiger partial charge is 0.497 e. The molecule has 0 radical (unpaired) electrons. The number of benzene rings is 2. The van der Waals surface area contributed by atoms with Crippen molar-refractivity contribution in [2.75, 3.05) is 26.7 Å². The minimum atomic E-state index is -0.0419. The lowest BCUT2D eigenvalue weighted by Crippen LogP contribution is -2.48. The van der Waals surface area contributed by atoms with Crippen LogP contribution in [0.15, 0.2) is 48.5 Å². The van der Waals surface area contributed by atoms with Crippen molar-refractivity contribution >= 4 is 16.8 Å². The van der Waals surface area contributed by atoms with E-state index in [1.807, 2.05) is 53.4 Å². The highest BCUT2D eigenvalue weighted by Crippen LogP contribution is 2.27. The Morgan fingerprint density at radius 3 is 2.80 bits per heavy atom. The SMILES string of the molecule is COc1ccc(C2CNCCN2C(=O)c2n[nH]c3ccccc23)cc1. The van der Waals surface area contributed by atoms with Crippen LogP contribution >= 0.6 is 0 Å². The number of nitrogens with one attached hydrogen (secondary N) is 2. The number of rotatable bonds is 3. The van der Waals surface area contributed by atoms with Gasteiger partial charge in [0.1, 0.15) is 5.75 Å². The fourth-order valence-electron chi connectivity index (χ4n) is 3.33. The fourth-order valence-corrected chi connectivity index (χ4v) is 3.33. The molecule has 2 N–H and O–H groups in total. The number of aromatic nitrogens is 2. The lowest BCUT2D eigenvalue weighted by Gasteiger charge is -2.36. The van der Waals surface area contributed by atoms with Gasteiger partial charge in [-0.05, 0) is 23.8 Å². The van der Waals surface area contributed by atoms with Crippen molar-refractivity contribution in [1.82, 2.24) is 20.4 Å². The van der Waals surface area contributed by atoms with Crippen molar-refractivity contribution in [2.45, 2.75) is 6.04 Å². The smallest absolute Gasteiger partial charge is 0.275 e. The minimum Gasteiger partial charge on any atom is -0.497 e. The van der Waals surface area contributed by atoms with Gasteiger partial charge >= 0.3 is 0 Å². The third-order valence-corrected chi connectivity index (χ3v) is 4.68. The van der Waals surface area contributed by atoms with Gasteiger partial charge in [0.2, 0.25) is 0 Å². The summed E-state index contributed by atoms with van der Waals surface area (Å²) in [6, 6.07) is 15.6. The Morgan fingerprint density at radius 1 is 1.20 bits per heavy atom. The van der Waals surface area contributed by atoms with E-state index in [-0.39, 0.29) is 11.9 Å². The summed E-state index contributed by atoms with van der Waals surface area (Å²) in [5, 5.41) is 11.5. The normalized spacial score (nSPS) is 17.6.